The highest BCUT2D eigenvalue weighted by molar-refractivity contribution is 6.30. The normalized spacial score (nSPS) is 23.1. The first-order chi connectivity index (χ1) is 15.0. The number of aromatic amines is 1. The monoisotopic (exact) mass is 446 g/mol. The number of rotatable bonds is 7. The molecule has 0 radical (unpaired) electrons. The maximum absolute atomic E-state index is 13.2. The Morgan fingerprint density at radius 2 is 1.94 bits per heavy atom. The van der Waals surface area contributed by atoms with Crippen molar-refractivity contribution in [3.63, 3.8) is 0 Å². The molecule has 0 saturated carbocycles. The van der Waals surface area contributed by atoms with Crippen LogP contribution in [0.15, 0.2) is 42.6 Å². The summed E-state index contributed by atoms with van der Waals surface area (Å²) in [6.45, 7) is 6.46. The molecule has 2 aliphatic rings. The van der Waals surface area contributed by atoms with Crippen LogP contribution in [0.25, 0.3) is 0 Å². The van der Waals surface area contributed by atoms with Crippen molar-refractivity contribution < 1.29 is 14.3 Å². The Kier molecular flexibility index (Phi) is 7.17. The molecule has 7 nitrogen and oxygen atoms in total. The predicted molar refractivity (Wildman–Crippen MR) is 120 cm³/mol. The minimum Gasteiger partial charge on any atom is -0.491 e. The Morgan fingerprint density at radius 1 is 1.16 bits per heavy atom. The van der Waals surface area contributed by atoms with E-state index in [0.717, 1.165) is 50.7 Å². The number of hydrogen-bond donors (Lipinski definition) is 1. The van der Waals surface area contributed by atoms with Gasteiger partial charge < -0.3 is 24.3 Å². The van der Waals surface area contributed by atoms with Crippen LogP contribution in [0.2, 0.25) is 5.02 Å². The SMILES string of the molecule is CN1CCN(C(=O)C[C@@]2(COc3ccc(Cl)cc3)CN(Cc3ccc[nH]3)CCO2)CC1. The second-order valence-electron chi connectivity index (χ2n) is 8.54. The minimum atomic E-state index is -0.690. The summed E-state index contributed by atoms with van der Waals surface area (Å²) in [7, 11) is 2.09. The molecular weight excluding hydrogens is 416 g/mol. The Balaban J connectivity index is 1.46. The van der Waals surface area contributed by atoms with Gasteiger partial charge in [-0.2, -0.15) is 0 Å². The molecule has 1 aromatic heterocycles. The number of likely N-dealkylation sites (N-methyl/N-ethyl adjacent to an activating group) is 1. The first-order valence-electron chi connectivity index (χ1n) is 10.8. The topological polar surface area (TPSA) is 61.0 Å². The zero-order valence-corrected chi connectivity index (χ0v) is 18.8. The van der Waals surface area contributed by atoms with Crippen LogP contribution >= 0.6 is 11.6 Å². The second kappa shape index (κ2) is 10.0. The van der Waals surface area contributed by atoms with Gasteiger partial charge in [-0.05, 0) is 43.4 Å². The van der Waals surface area contributed by atoms with Crippen molar-refractivity contribution >= 4 is 17.5 Å². The largest absolute Gasteiger partial charge is 0.491 e. The third-order valence-corrected chi connectivity index (χ3v) is 6.28. The van der Waals surface area contributed by atoms with E-state index in [0.29, 0.717) is 31.2 Å². The van der Waals surface area contributed by atoms with E-state index in [4.69, 9.17) is 21.1 Å². The maximum Gasteiger partial charge on any atom is 0.225 e. The van der Waals surface area contributed by atoms with E-state index in [-0.39, 0.29) is 5.91 Å². The molecule has 168 valence electrons. The van der Waals surface area contributed by atoms with Crippen molar-refractivity contribution in [2.45, 2.75) is 18.6 Å². The fourth-order valence-electron chi connectivity index (χ4n) is 4.20. The number of amides is 1. The van der Waals surface area contributed by atoms with Crippen LogP contribution in [0.3, 0.4) is 0 Å². The molecule has 0 aliphatic carbocycles. The summed E-state index contributed by atoms with van der Waals surface area (Å²) in [5.74, 6) is 0.857. The number of piperazine rings is 1. The fraction of sp³-hybridized carbons (Fsp3) is 0.522. The lowest BCUT2D eigenvalue weighted by atomic mass is 9.96. The summed E-state index contributed by atoms with van der Waals surface area (Å²) in [5, 5.41) is 0.665. The third kappa shape index (κ3) is 6.01. The summed E-state index contributed by atoms with van der Waals surface area (Å²) in [4.78, 5) is 23.0. The quantitative estimate of drug-likeness (QED) is 0.708. The molecule has 2 aliphatic heterocycles. The number of nitrogens with zero attached hydrogens (tertiary/aromatic N) is 3. The average Bonchev–Trinajstić information content (AvgIpc) is 3.27. The second-order valence-corrected chi connectivity index (χ2v) is 8.98. The van der Waals surface area contributed by atoms with Gasteiger partial charge in [0.2, 0.25) is 5.91 Å². The molecule has 3 heterocycles. The molecule has 1 atom stereocenters. The molecule has 4 rings (SSSR count). The molecule has 0 unspecified atom stereocenters. The highest BCUT2D eigenvalue weighted by Crippen LogP contribution is 2.27. The Morgan fingerprint density at radius 3 is 2.65 bits per heavy atom. The number of ether oxygens (including phenoxy) is 2. The van der Waals surface area contributed by atoms with Crippen LogP contribution in [-0.2, 0) is 16.1 Å². The minimum absolute atomic E-state index is 0.134. The van der Waals surface area contributed by atoms with E-state index >= 15 is 0 Å². The van der Waals surface area contributed by atoms with Gasteiger partial charge in [0, 0.05) is 62.7 Å². The Labute approximate surface area is 188 Å². The molecule has 0 spiro atoms. The number of halogens is 1. The molecule has 0 bridgehead atoms. The first kappa shape index (κ1) is 22.1. The molecule has 2 aromatic rings. The van der Waals surface area contributed by atoms with E-state index in [1.165, 1.54) is 0 Å². The predicted octanol–water partition coefficient (Wildman–Crippen LogP) is 2.48. The zero-order valence-electron chi connectivity index (χ0n) is 18.1. The molecular formula is C23H31ClN4O3. The number of benzene rings is 1. The van der Waals surface area contributed by atoms with Crippen LogP contribution in [0.1, 0.15) is 12.1 Å². The van der Waals surface area contributed by atoms with Gasteiger partial charge in [-0.25, -0.2) is 0 Å². The summed E-state index contributed by atoms with van der Waals surface area (Å²) in [6.07, 6.45) is 2.25. The number of nitrogens with one attached hydrogen (secondary N) is 1. The summed E-state index contributed by atoms with van der Waals surface area (Å²) >= 11 is 6.00. The van der Waals surface area contributed by atoms with Crippen molar-refractivity contribution in [1.82, 2.24) is 19.7 Å². The van der Waals surface area contributed by atoms with Gasteiger partial charge in [0.15, 0.2) is 0 Å². The van der Waals surface area contributed by atoms with Crippen molar-refractivity contribution in [3.05, 3.63) is 53.3 Å². The lowest BCUT2D eigenvalue weighted by Crippen LogP contribution is -2.58. The van der Waals surface area contributed by atoms with Crippen molar-refractivity contribution in [3.8, 4) is 5.75 Å². The van der Waals surface area contributed by atoms with Gasteiger partial charge in [0.1, 0.15) is 18.0 Å². The molecule has 1 amide bonds. The van der Waals surface area contributed by atoms with E-state index in [9.17, 15) is 4.79 Å². The van der Waals surface area contributed by atoms with Crippen molar-refractivity contribution in [2.75, 3.05) is 59.5 Å². The maximum atomic E-state index is 13.2. The van der Waals surface area contributed by atoms with Gasteiger partial charge in [-0.1, -0.05) is 11.6 Å². The molecule has 31 heavy (non-hydrogen) atoms. The van der Waals surface area contributed by atoms with Crippen LogP contribution in [0.5, 0.6) is 5.75 Å². The lowest BCUT2D eigenvalue weighted by molar-refractivity contribution is -0.158. The molecule has 1 aromatic carbocycles. The fourth-order valence-corrected chi connectivity index (χ4v) is 4.33. The van der Waals surface area contributed by atoms with Crippen molar-refractivity contribution in [1.29, 1.82) is 0 Å². The molecule has 2 fully saturated rings. The van der Waals surface area contributed by atoms with Gasteiger partial charge in [0.05, 0.1) is 13.0 Å². The van der Waals surface area contributed by atoms with Crippen molar-refractivity contribution in [2.24, 2.45) is 0 Å². The number of aromatic nitrogens is 1. The number of H-pyrrole nitrogens is 1. The first-order valence-corrected chi connectivity index (χ1v) is 11.2. The summed E-state index contributed by atoms with van der Waals surface area (Å²) < 4.78 is 12.4. The number of carbonyl (C=O) groups is 1. The van der Waals surface area contributed by atoms with Crippen LogP contribution < -0.4 is 4.74 Å². The van der Waals surface area contributed by atoms with E-state index in [2.05, 4.69) is 27.9 Å². The molecule has 8 heteroatoms. The van der Waals surface area contributed by atoms with E-state index in [1.807, 2.05) is 29.3 Å². The number of morpholine rings is 1. The Bertz CT molecular complexity index is 837. The number of carbonyl (C=O) groups excluding carboxylic acids is 1. The zero-order chi connectivity index (χ0) is 21.7. The third-order valence-electron chi connectivity index (χ3n) is 6.03. The van der Waals surface area contributed by atoms with Crippen LogP contribution in [0, 0.1) is 0 Å². The van der Waals surface area contributed by atoms with Gasteiger partial charge in [-0.15, -0.1) is 0 Å². The standard InChI is InChI=1S/C23H31ClN4O3/c1-26-9-11-28(12-10-26)22(29)15-23(18-30-21-6-4-19(24)5-7-21)17-27(13-14-31-23)16-20-3-2-8-25-20/h2-8,25H,9-18H2,1H3/t23-/m0/s1. The van der Waals surface area contributed by atoms with Crippen LogP contribution in [0.4, 0.5) is 0 Å². The lowest BCUT2D eigenvalue weighted by Gasteiger charge is -2.43. The van der Waals surface area contributed by atoms with E-state index < -0.39 is 5.60 Å². The Hall–Kier alpha value is -2.06. The van der Waals surface area contributed by atoms with Gasteiger partial charge in [-0.3, -0.25) is 9.69 Å². The van der Waals surface area contributed by atoms with Gasteiger partial charge in [0.25, 0.3) is 0 Å². The highest BCUT2D eigenvalue weighted by atomic mass is 35.5. The van der Waals surface area contributed by atoms with Gasteiger partial charge >= 0.3 is 0 Å². The summed E-state index contributed by atoms with van der Waals surface area (Å²) in [6, 6.07) is 11.4. The number of hydrogen-bond acceptors (Lipinski definition) is 5. The smallest absolute Gasteiger partial charge is 0.225 e. The summed E-state index contributed by atoms with van der Waals surface area (Å²) in [5.41, 5.74) is 0.463. The van der Waals surface area contributed by atoms with E-state index in [1.54, 1.807) is 12.1 Å². The van der Waals surface area contributed by atoms with Crippen LogP contribution in [-0.4, -0.2) is 90.7 Å². The highest BCUT2D eigenvalue weighted by Gasteiger charge is 2.41. The molecule has 1 N–H and O–H groups in total. The average molecular weight is 447 g/mol. The molecule has 2 saturated heterocycles.